The molecule has 72 valence electrons. The quantitative estimate of drug-likeness (QED) is 0.671. The van der Waals surface area contributed by atoms with Crippen LogP contribution in [0.25, 0.3) is 0 Å². The van der Waals surface area contributed by atoms with Gasteiger partial charge in [0, 0.05) is 5.38 Å². The molecule has 1 nitrogen and oxygen atoms in total. The highest BCUT2D eigenvalue weighted by Crippen LogP contribution is 2.29. The summed E-state index contributed by atoms with van der Waals surface area (Å²) >= 11 is 6.15. The van der Waals surface area contributed by atoms with Crippen LogP contribution in [-0.4, -0.2) is 18.5 Å². The summed E-state index contributed by atoms with van der Waals surface area (Å²) in [6, 6.07) is 0. The molecule has 1 saturated carbocycles. The van der Waals surface area contributed by atoms with Gasteiger partial charge in [-0.1, -0.05) is 20.3 Å². The third kappa shape index (κ3) is 3.32. The Bertz CT molecular complexity index is 125. The van der Waals surface area contributed by atoms with Crippen molar-refractivity contribution in [3.63, 3.8) is 0 Å². The van der Waals surface area contributed by atoms with Crippen molar-refractivity contribution in [3.8, 4) is 0 Å². The lowest BCUT2D eigenvalue weighted by molar-refractivity contribution is 0.462. The molecule has 0 spiro atoms. The first-order chi connectivity index (χ1) is 5.70. The van der Waals surface area contributed by atoms with Crippen molar-refractivity contribution in [1.29, 1.82) is 0 Å². The summed E-state index contributed by atoms with van der Waals surface area (Å²) in [6.45, 7) is 6.71. The van der Waals surface area contributed by atoms with Gasteiger partial charge in [-0.25, -0.2) is 0 Å². The molecule has 0 aromatic rings. The molecule has 1 aliphatic rings. The van der Waals surface area contributed by atoms with Gasteiger partial charge in [0.2, 0.25) is 0 Å². The molecule has 12 heavy (non-hydrogen) atoms. The van der Waals surface area contributed by atoms with E-state index >= 15 is 0 Å². The lowest BCUT2D eigenvalue weighted by atomic mass is 10.1. The SMILES string of the molecule is CC(C)CNCC1CCCC1Cl. The molecule has 2 atom stereocenters. The van der Waals surface area contributed by atoms with Crippen molar-refractivity contribution in [2.45, 2.75) is 38.5 Å². The van der Waals surface area contributed by atoms with Crippen molar-refractivity contribution in [1.82, 2.24) is 5.32 Å². The fraction of sp³-hybridized carbons (Fsp3) is 1.00. The first-order valence-electron chi connectivity index (χ1n) is 5.05. The van der Waals surface area contributed by atoms with Gasteiger partial charge < -0.3 is 5.32 Å². The highest BCUT2D eigenvalue weighted by Gasteiger charge is 2.24. The molecule has 2 unspecified atom stereocenters. The van der Waals surface area contributed by atoms with Crippen LogP contribution in [0.5, 0.6) is 0 Å². The van der Waals surface area contributed by atoms with Crippen LogP contribution in [0.3, 0.4) is 0 Å². The highest BCUT2D eigenvalue weighted by atomic mass is 35.5. The first-order valence-corrected chi connectivity index (χ1v) is 5.48. The van der Waals surface area contributed by atoms with Crippen molar-refractivity contribution in [3.05, 3.63) is 0 Å². The van der Waals surface area contributed by atoms with Crippen LogP contribution in [-0.2, 0) is 0 Å². The fourth-order valence-electron chi connectivity index (χ4n) is 1.78. The molecule has 0 aromatic heterocycles. The van der Waals surface area contributed by atoms with E-state index in [4.69, 9.17) is 11.6 Å². The molecule has 0 bridgehead atoms. The van der Waals surface area contributed by atoms with Gasteiger partial charge in [0.25, 0.3) is 0 Å². The van der Waals surface area contributed by atoms with E-state index in [1.807, 2.05) is 0 Å². The normalized spacial score (nSPS) is 30.0. The number of alkyl halides is 1. The van der Waals surface area contributed by atoms with E-state index < -0.39 is 0 Å². The summed E-state index contributed by atoms with van der Waals surface area (Å²) < 4.78 is 0. The summed E-state index contributed by atoms with van der Waals surface area (Å²) in [5.74, 6) is 1.48. The molecular formula is C10H20ClN. The maximum atomic E-state index is 6.15. The van der Waals surface area contributed by atoms with Gasteiger partial charge in [-0.3, -0.25) is 0 Å². The fourth-order valence-corrected chi connectivity index (χ4v) is 2.15. The number of nitrogens with one attached hydrogen (secondary N) is 1. The number of hydrogen-bond acceptors (Lipinski definition) is 1. The molecule has 1 rings (SSSR count). The standard InChI is InChI=1S/C10H20ClN/c1-8(2)6-12-7-9-4-3-5-10(9)11/h8-10,12H,3-7H2,1-2H3. The van der Waals surface area contributed by atoms with Crippen molar-refractivity contribution in [2.24, 2.45) is 11.8 Å². The zero-order chi connectivity index (χ0) is 8.97. The average Bonchev–Trinajstić information content (AvgIpc) is 2.36. The molecule has 1 fully saturated rings. The summed E-state index contributed by atoms with van der Waals surface area (Å²) in [7, 11) is 0. The van der Waals surface area contributed by atoms with Crippen LogP contribution in [0.2, 0.25) is 0 Å². The summed E-state index contributed by atoms with van der Waals surface area (Å²) in [5.41, 5.74) is 0. The molecule has 0 amide bonds. The molecule has 0 aliphatic heterocycles. The van der Waals surface area contributed by atoms with Gasteiger partial charge in [0.05, 0.1) is 0 Å². The smallest absolute Gasteiger partial charge is 0.0376 e. The van der Waals surface area contributed by atoms with E-state index in [-0.39, 0.29) is 0 Å². The lowest BCUT2D eigenvalue weighted by Gasteiger charge is -2.15. The Labute approximate surface area is 80.9 Å². The molecule has 1 N–H and O–H groups in total. The topological polar surface area (TPSA) is 12.0 Å². The van der Waals surface area contributed by atoms with Crippen LogP contribution in [0.15, 0.2) is 0 Å². The van der Waals surface area contributed by atoms with Crippen LogP contribution < -0.4 is 5.32 Å². The van der Waals surface area contributed by atoms with Crippen molar-refractivity contribution in [2.75, 3.05) is 13.1 Å². The van der Waals surface area contributed by atoms with E-state index in [0.29, 0.717) is 5.38 Å². The van der Waals surface area contributed by atoms with Gasteiger partial charge >= 0.3 is 0 Å². The third-order valence-corrected chi connectivity index (χ3v) is 3.10. The van der Waals surface area contributed by atoms with E-state index in [9.17, 15) is 0 Å². The number of rotatable bonds is 4. The predicted molar refractivity (Wildman–Crippen MR) is 54.7 cm³/mol. The summed E-state index contributed by atoms with van der Waals surface area (Å²) in [5, 5.41) is 3.91. The first kappa shape index (κ1) is 10.3. The van der Waals surface area contributed by atoms with Crippen LogP contribution in [0, 0.1) is 11.8 Å². The Balaban J connectivity index is 2.06. The maximum Gasteiger partial charge on any atom is 0.0376 e. The van der Waals surface area contributed by atoms with Crippen molar-refractivity contribution >= 4 is 11.6 Å². The van der Waals surface area contributed by atoms with Gasteiger partial charge in [-0.15, -0.1) is 11.6 Å². The molecule has 1 aliphatic carbocycles. The Morgan fingerprint density at radius 1 is 1.42 bits per heavy atom. The lowest BCUT2D eigenvalue weighted by Crippen LogP contribution is -2.28. The van der Waals surface area contributed by atoms with Gasteiger partial charge in [-0.2, -0.15) is 0 Å². The molecule has 0 radical (unpaired) electrons. The van der Waals surface area contributed by atoms with Gasteiger partial charge in [-0.05, 0) is 37.8 Å². The van der Waals surface area contributed by atoms with Crippen LogP contribution in [0.4, 0.5) is 0 Å². The number of hydrogen-bond donors (Lipinski definition) is 1. The Morgan fingerprint density at radius 2 is 2.17 bits per heavy atom. The number of halogens is 1. The van der Waals surface area contributed by atoms with E-state index in [1.54, 1.807) is 0 Å². The van der Waals surface area contributed by atoms with Crippen LogP contribution in [0.1, 0.15) is 33.1 Å². The zero-order valence-corrected chi connectivity index (χ0v) is 8.90. The predicted octanol–water partition coefficient (Wildman–Crippen LogP) is 2.64. The molecule has 0 saturated heterocycles. The maximum absolute atomic E-state index is 6.15. The molecule has 0 aromatic carbocycles. The van der Waals surface area contributed by atoms with E-state index in [1.165, 1.54) is 19.3 Å². The second kappa shape index (κ2) is 5.08. The van der Waals surface area contributed by atoms with Crippen molar-refractivity contribution < 1.29 is 0 Å². The Hall–Kier alpha value is 0.250. The van der Waals surface area contributed by atoms with E-state index in [0.717, 1.165) is 24.9 Å². The average molecular weight is 190 g/mol. The highest BCUT2D eigenvalue weighted by molar-refractivity contribution is 6.20. The van der Waals surface area contributed by atoms with Gasteiger partial charge in [0.15, 0.2) is 0 Å². The summed E-state index contributed by atoms with van der Waals surface area (Å²) in [6.07, 6.45) is 3.86. The molecular weight excluding hydrogens is 170 g/mol. The minimum Gasteiger partial charge on any atom is -0.316 e. The Morgan fingerprint density at radius 3 is 2.67 bits per heavy atom. The Kier molecular flexibility index (Phi) is 4.38. The zero-order valence-electron chi connectivity index (χ0n) is 8.15. The minimum absolute atomic E-state index is 0.435. The third-order valence-electron chi connectivity index (χ3n) is 2.53. The minimum atomic E-state index is 0.435. The largest absolute Gasteiger partial charge is 0.316 e. The monoisotopic (exact) mass is 189 g/mol. The van der Waals surface area contributed by atoms with E-state index in [2.05, 4.69) is 19.2 Å². The van der Waals surface area contributed by atoms with Crippen LogP contribution >= 0.6 is 11.6 Å². The van der Waals surface area contributed by atoms with Gasteiger partial charge in [0.1, 0.15) is 0 Å². The summed E-state index contributed by atoms with van der Waals surface area (Å²) in [4.78, 5) is 0. The second-order valence-electron chi connectivity index (χ2n) is 4.26. The molecule has 2 heteroatoms. The second-order valence-corrected chi connectivity index (χ2v) is 4.82. The molecule has 0 heterocycles.